The fourth-order valence-electron chi connectivity index (χ4n) is 3.02. The largest absolute Gasteiger partial charge is 0.494 e. The van der Waals surface area contributed by atoms with Crippen molar-refractivity contribution >= 4 is 17.5 Å². The lowest BCUT2D eigenvalue weighted by Gasteiger charge is -2.16. The second-order valence-corrected chi connectivity index (χ2v) is 6.33. The van der Waals surface area contributed by atoms with E-state index in [1.54, 1.807) is 24.3 Å². The Morgan fingerprint density at radius 1 is 1.14 bits per heavy atom. The predicted molar refractivity (Wildman–Crippen MR) is 96.8 cm³/mol. The number of rotatable bonds is 6. The maximum Gasteiger partial charge on any atom is 0.416 e. The molecule has 0 spiro atoms. The fourth-order valence-corrected chi connectivity index (χ4v) is 3.02. The summed E-state index contributed by atoms with van der Waals surface area (Å²) in [5.74, 6) is -0.165. The molecule has 5 nitrogen and oxygen atoms in total. The normalized spacial score (nSPS) is 17.3. The number of carbonyl (C=O) groups is 2. The smallest absolute Gasteiger partial charge is 0.416 e. The Balaban J connectivity index is 1.67. The van der Waals surface area contributed by atoms with Crippen LogP contribution in [-0.4, -0.2) is 24.5 Å². The van der Waals surface area contributed by atoms with Crippen LogP contribution in [0.3, 0.4) is 0 Å². The SMILES string of the molecule is CCOc1ccc(N2C(=O)CC(NCc3cccc(C(F)(F)F)c3)C2=O)cc1. The van der Waals surface area contributed by atoms with Gasteiger partial charge in [-0.05, 0) is 42.8 Å². The van der Waals surface area contributed by atoms with Crippen molar-refractivity contribution in [3.63, 3.8) is 0 Å². The highest BCUT2D eigenvalue weighted by atomic mass is 19.4. The van der Waals surface area contributed by atoms with E-state index in [0.29, 0.717) is 23.6 Å². The van der Waals surface area contributed by atoms with Crippen LogP contribution in [0.25, 0.3) is 0 Å². The maximum atomic E-state index is 12.8. The second kappa shape index (κ2) is 8.02. The quantitative estimate of drug-likeness (QED) is 0.765. The minimum atomic E-state index is -4.43. The number of nitrogens with zero attached hydrogens (tertiary/aromatic N) is 1. The summed E-state index contributed by atoms with van der Waals surface area (Å²) in [5.41, 5.74) is 0.0630. The molecule has 1 aliphatic heterocycles. The van der Waals surface area contributed by atoms with Gasteiger partial charge in [-0.1, -0.05) is 18.2 Å². The van der Waals surface area contributed by atoms with E-state index in [1.165, 1.54) is 12.1 Å². The molecule has 1 saturated heterocycles. The molecule has 1 heterocycles. The summed E-state index contributed by atoms with van der Waals surface area (Å²) >= 11 is 0. The first-order valence-corrected chi connectivity index (χ1v) is 8.78. The zero-order valence-electron chi connectivity index (χ0n) is 15.1. The Kier molecular flexibility index (Phi) is 5.69. The molecule has 1 atom stereocenters. The Bertz CT molecular complexity index is 866. The Morgan fingerprint density at radius 3 is 2.50 bits per heavy atom. The number of carbonyl (C=O) groups excluding carboxylic acids is 2. The van der Waals surface area contributed by atoms with E-state index in [0.717, 1.165) is 17.0 Å². The van der Waals surface area contributed by atoms with Crippen LogP contribution in [0.5, 0.6) is 5.75 Å². The molecule has 148 valence electrons. The molecule has 28 heavy (non-hydrogen) atoms. The summed E-state index contributed by atoms with van der Waals surface area (Å²) < 4.78 is 43.7. The first-order chi connectivity index (χ1) is 13.3. The molecule has 3 rings (SSSR count). The Hall–Kier alpha value is -2.87. The minimum absolute atomic E-state index is 0.0464. The van der Waals surface area contributed by atoms with Crippen LogP contribution in [-0.2, 0) is 22.3 Å². The van der Waals surface area contributed by atoms with Crippen molar-refractivity contribution in [3.8, 4) is 5.75 Å². The number of alkyl halides is 3. The van der Waals surface area contributed by atoms with E-state index in [4.69, 9.17) is 4.74 Å². The molecule has 2 amide bonds. The zero-order valence-corrected chi connectivity index (χ0v) is 15.1. The predicted octanol–water partition coefficient (Wildman–Crippen LogP) is 3.53. The number of ether oxygens (including phenoxy) is 1. The maximum absolute atomic E-state index is 12.8. The van der Waals surface area contributed by atoms with E-state index < -0.39 is 23.7 Å². The van der Waals surface area contributed by atoms with Crippen molar-refractivity contribution in [1.29, 1.82) is 0 Å². The van der Waals surface area contributed by atoms with Gasteiger partial charge in [0.2, 0.25) is 5.91 Å². The van der Waals surface area contributed by atoms with Crippen molar-refractivity contribution in [1.82, 2.24) is 5.32 Å². The molecule has 0 aromatic heterocycles. The Morgan fingerprint density at radius 2 is 1.86 bits per heavy atom. The van der Waals surface area contributed by atoms with Gasteiger partial charge in [0.05, 0.1) is 30.3 Å². The summed E-state index contributed by atoms with van der Waals surface area (Å²) in [6.07, 6.45) is -4.48. The average Bonchev–Trinajstić information content (AvgIpc) is 2.94. The fraction of sp³-hybridized carbons (Fsp3) is 0.300. The topological polar surface area (TPSA) is 58.6 Å². The van der Waals surface area contributed by atoms with Crippen molar-refractivity contribution in [2.45, 2.75) is 32.1 Å². The molecule has 2 aromatic carbocycles. The molecule has 0 bridgehead atoms. The van der Waals surface area contributed by atoms with Crippen LogP contribution >= 0.6 is 0 Å². The summed E-state index contributed by atoms with van der Waals surface area (Å²) in [7, 11) is 0. The zero-order chi connectivity index (χ0) is 20.3. The molecule has 1 aliphatic rings. The van der Waals surface area contributed by atoms with Gasteiger partial charge >= 0.3 is 6.18 Å². The van der Waals surface area contributed by atoms with Gasteiger partial charge in [-0.3, -0.25) is 9.59 Å². The van der Waals surface area contributed by atoms with Gasteiger partial charge in [0.25, 0.3) is 5.91 Å². The number of anilines is 1. The van der Waals surface area contributed by atoms with Gasteiger partial charge in [0.15, 0.2) is 0 Å². The Labute approximate surface area is 160 Å². The molecule has 0 aliphatic carbocycles. The highest BCUT2D eigenvalue weighted by Crippen LogP contribution is 2.30. The van der Waals surface area contributed by atoms with Crippen LogP contribution in [0.4, 0.5) is 18.9 Å². The van der Waals surface area contributed by atoms with Gasteiger partial charge in [0, 0.05) is 6.54 Å². The van der Waals surface area contributed by atoms with Crippen molar-refractivity contribution in [2.24, 2.45) is 0 Å². The van der Waals surface area contributed by atoms with Crippen LogP contribution in [0.15, 0.2) is 48.5 Å². The van der Waals surface area contributed by atoms with Crippen molar-refractivity contribution in [3.05, 3.63) is 59.7 Å². The molecule has 8 heteroatoms. The van der Waals surface area contributed by atoms with Gasteiger partial charge in [-0.25, -0.2) is 4.90 Å². The summed E-state index contributed by atoms with van der Waals surface area (Å²) in [6.45, 7) is 2.40. The molecule has 2 aromatic rings. The highest BCUT2D eigenvalue weighted by molar-refractivity contribution is 6.22. The van der Waals surface area contributed by atoms with Crippen LogP contribution in [0, 0.1) is 0 Å². The van der Waals surface area contributed by atoms with E-state index in [-0.39, 0.29) is 18.9 Å². The van der Waals surface area contributed by atoms with E-state index in [2.05, 4.69) is 5.32 Å². The lowest BCUT2D eigenvalue weighted by Crippen LogP contribution is -2.38. The third kappa shape index (κ3) is 4.33. The van der Waals surface area contributed by atoms with Crippen LogP contribution in [0.2, 0.25) is 0 Å². The number of benzene rings is 2. The third-order valence-electron chi connectivity index (χ3n) is 4.36. The lowest BCUT2D eigenvalue weighted by molar-refractivity contribution is -0.137. The summed E-state index contributed by atoms with van der Waals surface area (Å²) in [4.78, 5) is 26.0. The number of imide groups is 1. The monoisotopic (exact) mass is 392 g/mol. The standard InChI is InChI=1S/C20H19F3N2O3/c1-2-28-16-8-6-15(7-9-16)25-18(26)11-17(19(25)27)24-12-13-4-3-5-14(10-13)20(21,22)23/h3-10,17,24H,2,11-12H2,1H3. The van der Waals surface area contributed by atoms with E-state index in [1.807, 2.05) is 6.92 Å². The number of halogens is 3. The molecule has 1 fully saturated rings. The number of amides is 2. The minimum Gasteiger partial charge on any atom is -0.494 e. The van der Waals surface area contributed by atoms with Gasteiger partial charge in [-0.2, -0.15) is 13.2 Å². The van der Waals surface area contributed by atoms with E-state index >= 15 is 0 Å². The first-order valence-electron chi connectivity index (χ1n) is 8.78. The average molecular weight is 392 g/mol. The lowest BCUT2D eigenvalue weighted by atomic mass is 10.1. The third-order valence-corrected chi connectivity index (χ3v) is 4.36. The molecular formula is C20H19F3N2O3. The number of hydrogen-bond acceptors (Lipinski definition) is 4. The molecule has 0 saturated carbocycles. The number of nitrogens with one attached hydrogen (secondary N) is 1. The number of hydrogen-bond donors (Lipinski definition) is 1. The van der Waals surface area contributed by atoms with Gasteiger partial charge < -0.3 is 10.1 Å². The van der Waals surface area contributed by atoms with Crippen molar-refractivity contribution < 1.29 is 27.5 Å². The second-order valence-electron chi connectivity index (χ2n) is 6.33. The molecule has 1 N–H and O–H groups in total. The summed E-state index contributed by atoms with van der Waals surface area (Å²) in [6, 6.07) is 10.7. The van der Waals surface area contributed by atoms with Crippen LogP contribution < -0.4 is 15.0 Å². The summed E-state index contributed by atoms with van der Waals surface area (Å²) in [5, 5.41) is 2.88. The molecule has 0 radical (unpaired) electrons. The van der Waals surface area contributed by atoms with Crippen LogP contribution in [0.1, 0.15) is 24.5 Å². The molecule has 1 unspecified atom stereocenters. The first kappa shape index (κ1) is 19.9. The van der Waals surface area contributed by atoms with Gasteiger partial charge in [-0.15, -0.1) is 0 Å². The van der Waals surface area contributed by atoms with Gasteiger partial charge in [0.1, 0.15) is 5.75 Å². The highest BCUT2D eigenvalue weighted by Gasteiger charge is 2.39. The van der Waals surface area contributed by atoms with E-state index in [9.17, 15) is 22.8 Å². The van der Waals surface area contributed by atoms with Crippen molar-refractivity contribution in [2.75, 3.05) is 11.5 Å². The molecular weight excluding hydrogens is 373 g/mol.